The number of carbonyl (C=O) groups is 1. The largest absolute Gasteiger partial charge is 0.492 e. The number of carbonyl (C=O) groups excluding carboxylic acids is 1. The summed E-state index contributed by atoms with van der Waals surface area (Å²) in [4.78, 5) is 14.5. The van der Waals surface area contributed by atoms with Crippen LogP contribution in [-0.2, 0) is 4.79 Å². The maximum absolute atomic E-state index is 12.2. The zero-order valence-corrected chi connectivity index (χ0v) is 17.0. The topological polar surface area (TPSA) is 67.6 Å². The monoisotopic (exact) mass is 383 g/mol. The Morgan fingerprint density at radius 2 is 2.07 bits per heavy atom. The fraction of sp³-hybridized carbons (Fsp3) is 0.545. The average molecular weight is 383 g/mol. The molecule has 0 aliphatic heterocycles. The Morgan fingerprint density at radius 1 is 1.29 bits per heavy atom. The van der Waals surface area contributed by atoms with Gasteiger partial charge in [-0.3, -0.25) is 4.79 Å². The highest BCUT2D eigenvalue weighted by Gasteiger charge is 2.30. The Balaban J connectivity index is 1.52. The van der Waals surface area contributed by atoms with Crippen LogP contribution in [0, 0.1) is 19.8 Å². The fourth-order valence-electron chi connectivity index (χ4n) is 3.70. The lowest BCUT2D eigenvalue weighted by molar-refractivity contribution is -0.117. The molecule has 0 radical (unpaired) electrons. The third-order valence-corrected chi connectivity index (χ3v) is 5.90. The van der Waals surface area contributed by atoms with Crippen LogP contribution in [0.5, 0.6) is 5.75 Å². The van der Waals surface area contributed by atoms with Crippen LogP contribution >= 0.6 is 0 Å². The van der Waals surface area contributed by atoms with Gasteiger partial charge in [-0.15, -0.1) is 0 Å². The molecule has 2 fully saturated rings. The number of amides is 1. The van der Waals surface area contributed by atoms with E-state index in [1.54, 1.807) is 0 Å². The standard InChI is InChI=1S/C22H29N3O3/c1-14-21(15(2)28-24-14)19-13-17(23-22(26)16-7-8-16)9-10-20(19)27-12-11-25(3)18-5-4-6-18/h9-10,13,16,18H,4-8,11-12H2,1-3H3,(H,23,26). The van der Waals surface area contributed by atoms with E-state index >= 15 is 0 Å². The van der Waals surface area contributed by atoms with E-state index in [0.29, 0.717) is 12.6 Å². The quantitative estimate of drug-likeness (QED) is 0.741. The van der Waals surface area contributed by atoms with Gasteiger partial charge < -0.3 is 19.5 Å². The summed E-state index contributed by atoms with van der Waals surface area (Å²) in [5, 5.41) is 7.11. The third-order valence-electron chi connectivity index (χ3n) is 5.90. The summed E-state index contributed by atoms with van der Waals surface area (Å²) in [5.74, 6) is 1.81. The molecule has 150 valence electrons. The van der Waals surface area contributed by atoms with Gasteiger partial charge in [0, 0.05) is 29.8 Å². The van der Waals surface area contributed by atoms with E-state index in [9.17, 15) is 4.79 Å². The highest BCUT2D eigenvalue weighted by Crippen LogP contribution is 2.37. The van der Waals surface area contributed by atoms with Crippen molar-refractivity contribution in [1.29, 1.82) is 0 Å². The number of nitrogens with one attached hydrogen (secondary N) is 1. The summed E-state index contributed by atoms with van der Waals surface area (Å²) in [7, 11) is 2.17. The lowest BCUT2D eigenvalue weighted by Gasteiger charge is -2.34. The molecule has 2 aromatic rings. The minimum atomic E-state index is 0.0977. The number of hydrogen-bond donors (Lipinski definition) is 1. The van der Waals surface area contributed by atoms with Gasteiger partial charge >= 0.3 is 0 Å². The average Bonchev–Trinajstić information content (AvgIpc) is 3.41. The molecule has 4 rings (SSSR count). The van der Waals surface area contributed by atoms with E-state index in [0.717, 1.165) is 53.4 Å². The fourth-order valence-corrected chi connectivity index (χ4v) is 3.70. The molecule has 2 saturated carbocycles. The van der Waals surface area contributed by atoms with Gasteiger partial charge in [0.05, 0.1) is 11.3 Å². The van der Waals surface area contributed by atoms with Gasteiger partial charge in [0.15, 0.2) is 0 Å². The molecule has 6 nitrogen and oxygen atoms in total. The molecular formula is C22H29N3O3. The van der Waals surface area contributed by atoms with Crippen LogP contribution in [0.3, 0.4) is 0 Å². The van der Waals surface area contributed by atoms with Crippen molar-refractivity contribution in [3.05, 3.63) is 29.7 Å². The number of hydrogen-bond acceptors (Lipinski definition) is 5. The second-order valence-corrected chi connectivity index (χ2v) is 8.09. The van der Waals surface area contributed by atoms with Crippen molar-refractivity contribution < 1.29 is 14.1 Å². The number of ether oxygens (including phenoxy) is 1. The van der Waals surface area contributed by atoms with E-state index in [2.05, 4.69) is 22.4 Å². The van der Waals surface area contributed by atoms with E-state index < -0.39 is 0 Å². The Labute approximate surface area is 166 Å². The summed E-state index contributed by atoms with van der Waals surface area (Å²) in [6.45, 7) is 5.34. The van der Waals surface area contributed by atoms with Crippen molar-refractivity contribution in [2.75, 3.05) is 25.5 Å². The molecule has 1 N–H and O–H groups in total. The van der Waals surface area contributed by atoms with Crippen LogP contribution in [0.2, 0.25) is 0 Å². The van der Waals surface area contributed by atoms with Crippen LogP contribution in [0.1, 0.15) is 43.6 Å². The summed E-state index contributed by atoms with van der Waals surface area (Å²) < 4.78 is 11.5. The van der Waals surface area contributed by atoms with Crippen molar-refractivity contribution in [3.8, 4) is 16.9 Å². The Hall–Kier alpha value is -2.34. The molecule has 2 aliphatic carbocycles. The molecular weight excluding hydrogens is 354 g/mol. The lowest BCUT2D eigenvalue weighted by Crippen LogP contribution is -2.39. The van der Waals surface area contributed by atoms with Gasteiger partial charge in [-0.1, -0.05) is 11.6 Å². The van der Waals surface area contributed by atoms with Gasteiger partial charge in [-0.05, 0) is 64.8 Å². The van der Waals surface area contributed by atoms with Crippen molar-refractivity contribution in [3.63, 3.8) is 0 Å². The zero-order valence-electron chi connectivity index (χ0n) is 17.0. The van der Waals surface area contributed by atoms with E-state index in [1.807, 2.05) is 32.0 Å². The Bertz CT molecular complexity index is 833. The first-order valence-corrected chi connectivity index (χ1v) is 10.2. The van der Waals surface area contributed by atoms with Crippen molar-refractivity contribution in [1.82, 2.24) is 10.1 Å². The maximum atomic E-state index is 12.2. The maximum Gasteiger partial charge on any atom is 0.227 e. The number of anilines is 1. The summed E-state index contributed by atoms with van der Waals surface area (Å²) >= 11 is 0. The van der Waals surface area contributed by atoms with Gasteiger partial charge in [0.1, 0.15) is 18.1 Å². The highest BCUT2D eigenvalue weighted by atomic mass is 16.5. The molecule has 1 amide bonds. The van der Waals surface area contributed by atoms with Crippen LogP contribution < -0.4 is 10.1 Å². The van der Waals surface area contributed by atoms with Crippen LogP contribution in [0.15, 0.2) is 22.7 Å². The van der Waals surface area contributed by atoms with Crippen molar-refractivity contribution in [2.45, 2.75) is 52.0 Å². The number of aromatic nitrogens is 1. The number of aryl methyl sites for hydroxylation is 2. The first-order valence-electron chi connectivity index (χ1n) is 10.2. The molecule has 0 saturated heterocycles. The summed E-state index contributed by atoms with van der Waals surface area (Å²) in [5.41, 5.74) is 3.45. The molecule has 1 aromatic heterocycles. The van der Waals surface area contributed by atoms with Crippen LogP contribution in [0.25, 0.3) is 11.1 Å². The predicted molar refractivity (Wildman–Crippen MR) is 109 cm³/mol. The molecule has 6 heteroatoms. The molecule has 2 aliphatic rings. The van der Waals surface area contributed by atoms with Gasteiger partial charge in [-0.25, -0.2) is 0 Å². The summed E-state index contributed by atoms with van der Waals surface area (Å²) in [6, 6.07) is 6.52. The third kappa shape index (κ3) is 4.07. The number of benzene rings is 1. The minimum Gasteiger partial charge on any atom is -0.492 e. The lowest BCUT2D eigenvalue weighted by atomic mass is 9.92. The number of likely N-dealkylation sites (N-methyl/N-ethyl adjacent to an activating group) is 1. The molecule has 28 heavy (non-hydrogen) atoms. The minimum absolute atomic E-state index is 0.0977. The molecule has 0 unspecified atom stereocenters. The molecule has 1 aromatic carbocycles. The number of nitrogens with zero attached hydrogens (tertiary/aromatic N) is 2. The second-order valence-electron chi connectivity index (χ2n) is 8.09. The number of rotatable bonds is 8. The first-order chi connectivity index (χ1) is 13.5. The van der Waals surface area contributed by atoms with Gasteiger partial charge in [0.25, 0.3) is 0 Å². The van der Waals surface area contributed by atoms with Crippen molar-refractivity contribution >= 4 is 11.6 Å². The SMILES string of the molecule is Cc1noc(C)c1-c1cc(NC(=O)C2CC2)ccc1OCCN(C)C1CCC1. The molecule has 0 spiro atoms. The molecule has 0 atom stereocenters. The van der Waals surface area contributed by atoms with Gasteiger partial charge in [-0.2, -0.15) is 0 Å². The second kappa shape index (κ2) is 7.95. The van der Waals surface area contributed by atoms with Crippen LogP contribution in [0.4, 0.5) is 5.69 Å². The van der Waals surface area contributed by atoms with Gasteiger partial charge in [0.2, 0.25) is 5.91 Å². The van der Waals surface area contributed by atoms with E-state index in [-0.39, 0.29) is 11.8 Å². The van der Waals surface area contributed by atoms with E-state index in [1.165, 1.54) is 19.3 Å². The molecule has 1 heterocycles. The smallest absolute Gasteiger partial charge is 0.227 e. The highest BCUT2D eigenvalue weighted by molar-refractivity contribution is 5.95. The normalized spacial score (nSPS) is 16.9. The Morgan fingerprint density at radius 3 is 2.68 bits per heavy atom. The Kier molecular flexibility index (Phi) is 5.40. The van der Waals surface area contributed by atoms with E-state index in [4.69, 9.17) is 9.26 Å². The van der Waals surface area contributed by atoms with Crippen LogP contribution in [-0.4, -0.2) is 42.2 Å². The van der Waals surface area contributed by atoms with Crippen molar-refractivity contribution in [2.24, 2.45) is 5.92 Å². The zero-order chi connectivity index (χ0) is 19.7. The first kappa shape index (κ1) is 19.0. The summed E-state index contributed by atoms with van der Waals surface area (Å²) in [6.07, 6.45) is 5.88. The molecule has 0 bridgehead atoms. The predicted octanol–water partition coefficient (Wildman–Crippen LogP) is 4.17.